The predicted molar refractivity (Wildman–Crippen MR) is 135 cm³/mol. The molecule has 3 heterocycles. The van der Waals surface area contributed by atoms with Gasteiger partial charge in [-0.3, -0.25) is 4.98 Å². The summed E-state index contributed by atoms with van der Waals surface area (Å²) in [5, 5.41) is 28.8. The Labute approximate surface area is 204 Å². The first kappa shape index (κ1) is 24.7. The zero-order valence-corrected chi connectivity index (χ0v) is 21.2. The van der Waals surface area contributed by atoms with E-state index in [4.69, 9.17) is 19.7 Å². The first-order chi connectivity index (χ1) is 16.2. The Bertz CT molecular complexity index is 1150. The number of aryl methyl sites for hydroxylation is 2. The standard InChI is InChI=1S/C24H34N6O3S/c1-13-19(22-29-20-14(2)25-9-7-18(20)34-22)21(30-23(27-13)26-8-6-10-33-5)28-16-11-15(12-17(16)31)24(3,4)32/h7,9,15-17,31-32H,6,8,10-12H2,1-5H3,(H2,26,27,28,30). The van der Waals surface area contributed by atoms with Crippen molar-refractivity contribution in [3.63, 3.8) is 0 Å². The van der Waals surface area contributed by atoms with Crippen LogP contribution >= 0.6 is 11.3 Å². The lowest BCUT2D eigenvalue weighted by Gasteiger charge is -2.25. The molecule has 1 aliphatic carbocycles. The van der Waals surface area contributed by atoms with Crippen molar-refractivity contribution in [3.05, 3.63) is 23.7 Å². The molecule has 1 fully saturated rings. The van der Waals surface area contributed by atoms with E-state index in [1.54, 1.807) is 38.5 Å². The number of nitrogens with one attached hydrogen (secondary N) is 2. The molecular weight excluding hydrogens is 452 g/mol. The first-order valence-corrected chi connectivity index (χ1v) is 12.5. The molecule has 0 bridgehead atoms. The average molecular weight is 487 g/mol. The number of thiazole rings is 1. The highest BCUT2D eigenvalue weighted by Gasteiger charge is 2.40. The normalized spacial score (nSPS) is 20.7. The summed E-state index contributed by atoms with van der Waals surface area (Å²) in [5.74, 6) is 1.14. The van der Waals surface area contributed by atoms with Crippen molar-refractivity contribution in [2.24, 2.45) is 5.92 Å². The number of fused-ring (bicyclic) bond motifs is 1. The van der Waals surface area contributed by atoms with Gasteiger partial charge in [-0.15, -0.1) is 11.3 Å². The van der Waals surface area contributed by atoms with E-state index in [2.05, 4.69) is 15.6 Å². The minimum Gasteiger partial charge on any atom is -0.391 e. The van der Waals surface area contributed by atoms with Crippen LogP contribution in [0, 0.1) is 19.8 Å². The molecule has 4 N–H and O–H groups in total. The second kappa shape index (κ2) is 10.1. The van der Waals surface area contributed by atoms with Gasteiger partial charge >= 0.3 is 0 Å². The van der Waals surface area contributed by atoms with Crippen LogP contribution in [0.4, 0.5) is 11.8 Å². The highest BCUT2D eigenvalue weighted by atomic mass is 32.1. The van der Waals surface area contributed by atoms with E-state index in [0.717, 1.165) is 38.6 Å². The highest BCUT2D eigenvalue weighted by molar-refractivity contribution is 7.21. The van der Waals surface area contributed by atoms with Gasteiger partial charge in [-0.2, -0.15) is 4.98 Å². The van der Waals surface area contributed by atoms with E-state index >= 15 is 0 Å². The number of aliphatic hydroxyl groups excluding tert-OH is 1. The van der Waals surface area contributed by atoms with Crippen molar-refractivity contribution in [3.8, 4) is 10.6 Å². The summed E-state index contributed by atoms with van der Waals surface area (Å²) in [6, 6.07) is 1.73. The molecular formula is C24H34N6O3S. The summed E-state index contributed by atoms with van der Waals surface area (Å²) in [6.45, 7) is 8.84. The third-order valence-electron chi connectivity index (χ3n) is 6.45. The number of hydrogen-bond donors (Lipinski definition) is 4. The summed E-state index contributed by atoms with van der Waals surface area (Å²) in [7, 11) is 1.68. The largest absolute Gasteiger partial charge is 0.391 e. The van der Waals surface area contributed by atoms with E-state index in [9.17, 15) is 10.2 Å². The van der Waals surface area contributed by atoms with Crippen LogP contribution in [0.25, 0.3) is 20.8 Å². The Kier molecular flexibility index (Phi) is 7.32. The van der Waals surface area contributed by atoms with E-state index in [0.29, 0.717) is 37.8 Å². The first-order valence-electron chi connectivity index (χ1n) is 11.7. The molecule has 0 aromatic carbocycles. The lowest BCUT2D eigenvalue weighted by atomic mass is 9.89. The summed E-state index contributed by atoms with van der Waals surface area (Å²) >= 11 is 1.58. The number of anilines is 2. The molecule has 9 nitrogen and oxygen atoms in total. The molecule has 0 radical (unpaired) electrons. The highest BCUT2D eigenvalue weighted by Crippen LogP contribution is 2.40. The van der Waals surface area contributed by atoms with Gasteiger partial charge in [0.25, 0.3) is 0 Å². The van der Waals surface area contributed by atoms with Crippen LogP contribution in [0.15, 0.2) is 12.3 Å². The van der Waals surface area contributed by atoms with Crippen molar-refractivity contribution in [1.82, 2.24) is 19.9 Å². The minimum absolute atomic E-state index is 0.00537. The van der Waals surface area contributed by atoms with Crippen LogP contribution in [-0.2, 0) is 4.74 Å². The van der Waals surface area contributed by atoms with Crippen molar-refractivity contribution < 1.29 is 14.9 Å². The molecule has 3 aromatic rings. The molecule has 0 spiro atoms. The van der Waals surface area contributed by atoms with Crippen LogP contribution < -0.4 is 10.6 Å². The Morgan fingerprint density at radius 3 is 2.65 bits per heavy atom. The second-order valence-electron chi connectivity index (χ2n) is 9.53. The lowest BCUT2D eigenvalue weighted by molar-refractivity contribution is 0.0140. The number of methoxy groups -OCH3 is 1. The Morgan fingerprint density at radius 1 is 1.18 bits per heavy atom. The maximum absolute atomic E-state index is 10.8. The number of rotatable bonds is 9. The number of hydrogen-bond acceptors (Lipinski definition) is 10. The van der Waals surface area contributed by atoms with Crippen LogP contribution in [0.3, 0.4) is 0 Å². The van der Waals surface area contributed by atoms with Gasteiger partial charge in [0.15, 0.2) is 0 Å². The van der Waals surface area contributed by atoms with Gasteiger partial charge in [0.1, 0.15) is 16.3 Å². The number of pyridine rings is 1. The molecule has 34 heavy (non-hydrogen) atoms. The van der Waals surface area contributed by atoms with Crippen molar-refractivity contribution in [2.75, 3.05) is 30.9 Å². The molecule has 3 atom stereocenters. The zero-order chi connectivity index (χ0) is 24.5. The quantitative estimate of drug-likeness (QED) is 0.336. The van der Waals surface area contributed by atoms with E-state index in [-0.39, 0.29) is 12.0 Å². The van der Waals surface area contributed by atoms with E-state index in [1.165, 1.54) is 0 Å². The Hall–Kier alpha value is -2.40. The monoisotopic (exact) mass is 486 g/mol. The molecule has 0 amide bonds. The van der Waals surface area contributed by atoms with Gasteiger partial charge in [-0.1, -0.05) is 0 Å². The Balaban J connectivity index is 1.70. The summed E-state index contributed by atoms with van der Waals surface area (Å²) in [4.78, 5) is 18.7. The van der Waals surface area contributed by atoms with E-state index in [1.807, 2.05) is 19.9 Å². The molecule has 3 aromatic heterocycles. The van der Waals surface area contributed by atoms with Gasteiger partial charge in [-0.05, 0) is 58.9 Å². The topological polar surface area (TPSA) is 125 Å². The minimum atomic E-state index is -0.854. The fraction of sp³-hybridized carbons (Fsp3) is 0.583. The van der Waals surface area contributed by atoms with Gasteiger partial charge < -0.3 is 25.6 Å². The maximum Gasteiger partial charge on any atom is 0.224 e. The summed E-state index contributed by atoms with van der Waals surface area (Å²) in [6.07, 6.45) is 3.23. The number of aromatic nitrogens is 4. The van der Waals surface area contributed by atoms with Crippen LogP contribution in [0.1, 0.15) is 44.5 Å². The second-order valence-corrected chi connectivity index (χ2v) is 10.6. The average Bonchev–Trinajstić information content (AvgIpc) is 3.35. The zero-order valence-electron chi connectivity index (χ0n) is 20.4. The third-order valence-corrected chi connectivity index (χ3v) is 7.49. The van der Waals surface area contributed by atoms with Crippen molar-refractivity contribution in [2.45, 2.75) is 64.7 Å². The van der Waals surface area contributed by atoms with Gasteiger partial charge in [0.2, 0.25) is 5.95 Å². The fourth-order valence-corrected chi connectivity index (χ4v) is 5.55. The van der Waals surface area contributed by atoms with Gasteiger partial charge in [-0.25, -0.2) is 9.97 Å². The van der Waals surface area contributed by atoms with Crippen LogP contribution in [0.5, 0.6) is 0 Å². The van der Waals surface area contributed by atoms with Gasteiger partial charge in [0.05, 0.1) is 39.4 Å². The molecule has 1 saturated carbocycles. The van der Waals surface area contributed by atoms with E-state index < -0.39 is 11.7 Å². The number of aliphatic hydroxyl groups is 2. The van der Waals surface area contributed by atoms with Gasteiger partial charge in [0, 0.05) is 26.5 Å². The fourth-order valence-electron chi connectivity index (χ4n) is 4.44. The smallest absolute Gasteiger partial charge is 0.224 e. The summed E-state index contributed by atoms with van der Waals surface area (Å²) < 4.78 is 6.18. The maximum atomic E-state index is 10.8. The molecule has 10 heteroatoms. The third kappa shape index (κ3) is 5.30. The molecule has 1 aliphatic rings. The Morgan fingerprint density at radius 2 is 1.97 bits per heavy atom. The molecule has 4 rings (SSSR count). The molecule has 0 aliphatic heterocycles. The van der Waals surface area contributed by atoms with Crippen molar-refractivity contribution >= 4 is 33.3 Å². The van der Waals surface area contributed by atoms with Crippen LogP contribution in [-0.4, -0.2) is 68.2 Å². The predicted octanol–water partition coefficient (Wildman–Crippen LogP) is 3.54. The number of nitrogens with zero attached hydrogens (tertiary/aromatic N) is 4. The van der Waals surface area contributed by atoms with Crippen LogP contribution in [0.2, 0.25) is 0 Å². The molecule has 184 valence electrons. The SMILES string of the molecule is COCCCNc1nc(C)c(-c2nc3c(C)nccc3s2)c(NC2CC(C(C)(C)O)CC2O)n1. The molecule has 0 saturated heterocycles. The number of ether oxygens (including phenoxy) is 1. The van der Waals surface area contributed by atoms with Crippen molar-refractivity contribution in [1.29, 1.82) is 0 Å². The summed E-state index contributed by atoms with van der Waals surface area (Å²) in [5.41, 5.74) is 2.51. The lowest BCUT2D eigenvalue weighted by Crippen LogP contribution is -2.30. The molecule has 3 unspecified atom stereocenters.